The van der Waals surface area contributed by atoms with Crippen LogP contribution in [0, 0.1) is 0 Å². The first-order valence-corrected chi connectivity index (χ1v) is 6.25. The molecule has 6 nitrogen and oxygen atoms in total. The Morgan fingerprint density at radius 1 is 0.900 bits per heavy atom. The molecular weight excluding hydrogens is 260 g/mol. The molecule has 1 N–H and O–H groups in total. The van der Waals surface area contributed by atoms with Crippen molar-refractivity contribution in [2.75, 3.05) is 7.05 Å². The second-order valence-corrected chi connectivity index (χ2v) is 4.54. The van der Waals surface area contributed by atoms with Crippen LogP contribution in [0.2, 0.25) is 0 Å². The lowest BCUT2D eigenvalue weighted by Gasteiger charge is -2.07. The van der Waals surface area contributed by atoms with Crippen LogP contribution >= 0.6 is 0 Å². The van der Waals surface area contributed by atoms with Crippen LogP contribution in [0.4, 0.5) is 0 Å². The number of hydrogen-bond acceptors (Lipinski definition) is 4. The summed E-state index contributed by atoms with van der Waals surface area (Å²) < 4.78 is 0. The highest BCUT2D eigenvalue weighted by Gasteiger charge is 2.31. The number of benzene rings is 1. The summed E-state index contributed by atoms with van der Waals surface area (Å²) in [7, 11) is 1.49. The van der Waals surface area contributed by atoms with E-state index in [2.05, 4.69) is 5.32 Å². The van der Waals surface area contributed by atoms with Gasteiger partial charge in [-0.15, -0.1) is 0 Å². The molecule has 0 radical (unpaired) electrons. The van der Waals surface area contributed by atoms with Gasteiger partial charge in [0.2, 0.25) is 11.8 Å². The summed E-state index contributed by atoms with van der Waals surface area (Å²) in [5.74, 6) is -0.700. The Morgan fingerprint density at radius 2 is 1.35 bits per heavy atom. The first kappa shape index (κ1) is 13.9. The van der Waals surface area contributed by atoms with Crippen LogP contribution in [0.3, 0.4) is 0 Å². The van der Waals surface area contributed by atoms with Crippen molar-refractivity contribution in [2.45, 2.75) is 19.3 Å². The van der Waals surface area contributed by atoms with E-state index < -0.39 is 0 Å². The van der Waals surface area contributed by atoms with Gasteiger partial charge in [-0.05, 0) is 18.6 Å². The van der Waals surface area contributed by atoms with Gasteiger partial charge in [0.25, 0.3) is 11.8 Å². The quantitative estimate of drug-likeness (QED) is 0.707. The molecule has 0 bridgehead atoms. The molecule has 1 aromatic carbocycles. The van der Waals surface area contributed by atoms with Gasteiger partial charge in [0, 0.05) is 19.9 Å². The molecule has 1 fully saturated rings. The van der Waals surface area contributed by atoms with E-state index in [1.54, 1.807) is 24.3 Å². The van der Waals surface area contributed by atoms with Crippen LogP contribution in [0.15, 0.2) is 24.3 Å². The summed E-state index contributed by atoms with van der Waals surface area (Å²) >= 11 is 0. The molecule has 2 aliphatic rings. The lowest BCUT2D eigenvalue weighted by atomic mass is 10.1. The predicted octanol–water partition coefficient (Wildman–Crippen LogP) is 0.726. The molecule has 2 heterocycles. The van der Waals surface area contributed by atoms with Gasteiger partial charge >= 0.3 is 0 Å². The molecular formula is C14H14N2O4. The standard InChI is InChI=1S/C9H7NO2.C5H7NO2/c1-10-8(11)6-4-2-3-5-7(6)9(10)12;7-4-2-1-3-5(8)6-4/h2-5H,1H3;1-3H2,(H,6,7,8). The maximum absolute atomic E-state index is 11.3. The predicted molar refractivity (Wildman–Crippen MR) is 69.9 cm³/mol. The van der Waals surface area contributed by atoms with Crippen molar-refractivity contribution in [3.8, 4) is 0 Å². The van der Waals surface area contributed by atoms with Crippen LogP contribution in [0.1, 0.15) is 40.0 Å². The molecule has 0 spiro atoms. The van der Waals surface area contributed by atoms with E-state index in [-0.39, 0.29) is 23.6 Å². The van der Waals surface area contributed by atoms with Gasteiger partial charge in [-0.1, -0.05) is 12.1 Å². The molecule has 0 unspecified atom stereocenters. The van der Waals surface area contributed by atoms with E-state index >= 15 is 0 Å². The van der Waals surface area contributed by atoms with Crippen molar-refractivity contribution in [1.82, 2.24) is 10.2 Å². The van der Waals surface area contributed by atoms with Crippen LogP contribution in [-0.2, 0) is 9.59 Å². The summed E-state index contributed by atoms with van der Waals surface area (Å²) in [4.78, 5) is 44.4. The number of rotatable bonds is 0. The highest BCUT2D eigenvalue weighted by Crippen LogP contribution is 2.20. The van der Waals surface area contributed by atoms with Gasteiger partial charge in [0.1, 0.15) is 0 Å². The highest BCUT2D eigenvalue weighted by molar-refractivity contribution is 6.21. The summed E-state index contributed by atoms with van der Waals surface area (Å²) in [6.07, 6.45) is 1.72. The first-order chi connectivity index (χ1) is 9.50. The average Bonchev–Trinajstić information content (AvgIpc) is 2.65. The van der Waals surface area contributed by atoms with Crippen molar-refractivity contribution >= 4 is 23.6 Å². The minimum atomic E-state index is -0.212. The molecule has 6 heteroatoms. The Hall–Kier alpha value is -2.50. The number of carbonyl (C=O) groups is 4. The Kier molecular flexibility index (Phi) is 3.93. The molecule has 0 aliphatic carbocycles. The van der Waals surface area contributed by atoms with Crippen LogP contribution in [0.5, 0.6) is 0 Å². The third kappa shape index (κ3) is 2.74. The van der Waals surface area contributed by atoms with Gasteiger partial charge in [0.05, 0.1) is 11.1 Å². The average molecular weight is 274 g/mol. The largest absolute Gasteiger partial charge is 0.296 e. The third-order valence-electron chi connectivity index (χ3n) is 3.08. The molecule has 1 saturated heterocycles. The van der Waals surface area contributed by atoms with E-state index in [9.17, 15) is 19.2 Å². The number of piperidine rings is 1. The monoisotopic (exact) mass is 274 g/mol. The zero-order valence-corrected chi connectivity index (χ0v) is 11.0. The van der Waals surface area contributed by atoms with Gasteiger partial charge in [-0.25, -0.2) is 0 Å². The van der Waals surface area contributed by atoms with Gasteiger partial charge in [-0.3, -0.25) is 29.4 Å². The van der Waals surface area contributed by atoms with E-state index in [1.165, 1.54) is 7.05 Å². The lowest BCUT2D eigenvalue weighted by Crippen LogP contribution is -2.33. The highest BCUT2D eigenvalue weighted by atomic mass is 16.2. The Labute approximate surface area is 115 Å². The fraction of sp³-hybridized carbons (Fsp3) is 0.286. The van der Waals surface area contributed by atoms with Crippen molar-refractivity contribution in [3.05, 3.63) is 35.4 Å². The van der Waals surface area contributed by atoms with E-state index in [1.807, 2.05) is 0 Å². The van der Waals surface area contributed by atoms with Crippen molar-refractivity contribution in [1.29, 1.82) is 0 Å². The third-order valence-corrected chi connectivity index (χ3v) is 3.08. The zero-order chi connectivity index (χ0) is 14.7. The maximum atomic E-state index is 11.3. The fourth-order valence-corrected chi connectivity index (χ4v) is 2.00. The van der Waals surface area contributed by atoms with Crippen LogP contribution < -0.4 is 5.32 Å². The number of nitrogens with one attached hydrogen (secondary N) is 1. The SMILES string of the molecule is CN1C(=O)c2ccccc2C1=O.O=C1CCCC(=O)N1. The number of carbonyl (C=O) groups excluding carboxylic acids is 4. The van der Waals surface area contributed by atoms with Gasteiger partial charge in [0.15, 0.2) is 0 Å². The molecule has 3 rings (SSSR count). The molecule has 104 valence electrons. The minimum absolute atomic E-state index is 0.138. The normalized spacial score (nSPS) is 17.4. The van der Waals surface area contributed by atoms with Crippen molar-refractivity contribution in [2.24, 2.45) is 0 Å². The van der Waals surface area contributed by atoms with Gasteiger partial charge in [-0.2, -0.15) is 0 Å². The smallest absolute Gasteiger partial charge is 0.261 e. The van der Waals surface area contributed by atoms with Crippen LogP contribution in [-0.4, -0.2) is 35.6 Å². The molecule has 0 atom stereocenters. The number of fused-ring (bicyclic) bond motifs is 1. The topological polar surface area (TPSA) is 83.6 Å². The van der Waals surface area contributed by atoms with E-state index in [4.69, 9.17) is 0 Å². The zero-order valence-electron chi connectivity index (χ0n) is 11.0. The molecule has 20 heavy (non-hydrogen) atoms. The Bertz CT molecular complexity index is 546. The van der Waals surface area contributed by atoms with E-state index in [0.717, 1.165) is 4.90 Å². The number of hydrogen-bond donors (Lipinski definition) is 1. The number of amides is 4. The Morgan fingerprint density at radius 3 is 1.70 bits per heavy atom. The second-order valence-electron chi connectivity index (χ2n) is 4.54. The minimum Gasteiger partial charge on any atom is -0.296 e. The number of nitrogens with zero attached hydrogens (tertiary/aromatic N) is 1. The maximum Gasteiger partial charge on any atom is 0.261 e. The second kappa shape index (κ2) is 5.64. The fourth-order valence-electron chi connectivity index (χ4n) is 2.00. The molecule has 1 aromatic rings. The summed E-state index contributed by atoms with van der Waals surface area (Å²) in [6, 6.07) is 6.84. The summed E-state index contributed by atoms with van der Waals surface area (Å²) in [5, 5.41) is 2.20. The molecule has 4 amide bonds. The molecule has 2 aliphatic heterocycles. The van der Waals surface area contributed by atoms with Gasteiger partial charge < -0.3 is 0 Å². The van der Waals surface area contributed by atoms with Crippen molar-refractivity contribution in [3.63, 3.8) is 0 Å². The summed E-state index contributed by atoms with van der Waals surface area (Å²) in [5.41, 5.74) is 1.01. The van der Waals surface area contributed by atoms with E-state index in [0.29, 0.717) is 30.4 Å². The molecule has 0 aromatic heterocycles. The summed E-state index contributed by atoms with van der Waals surface area (Å²) in [6.45, 7) is 0. The van der Waals surface area contributed by atoms with Crippen LogP contribution in [0.25, 0.3) is 0 Å². The Balaban J connectivity index is 0.000000160. The van der Waals surface area contributed by atoms with Crippen molar-refractivity contribution < 1.29 is 19.2 Å². The molecule has 0 saturated carbocycles. The first-order valence-electron chi connectivity index (χ1n) is 6.25. The lowest BCUT2D eigenvalue weighted by molar-refractivity contribution is -0.132. The number of imide groups is 2.